The highest BCUT2D eigenvalue weighted by Gasteiger charge is 2.28. The normalized spacial score (nSPS) is 13.8. The van der Waals surface area contributed by atoms with Crippen molar-refractivity contribution in [1.29, 1.82) is 0 Å². The van der Waals surface area contributed by atoms with Crippen LogP contribution in [0.5, 0.6) is 5.75 Å². The van der Waals surface area contributed by atoms with Crippen LogP contribution in [0.25, 0.3) is 0 Å². The van der Waals surface area contributed by atoms with Gasteiger partial charge in [-0.15, -0.1) is 0 Å². The predicted molar refractivity (Wildman–Crippen MR) is 140 cm³/mol. The minimum absolute atomic E-state index is 0.0747. The maximum atomic E-state index is 13.5. The molecule has 0 aromatic heterocycles. The van der Waals surface area contributed by atoms with Crippen LogP contribution in [-0.4, -0.2) is 41.1 Å². The van der Waals surface area contributed by atoms with Crippen LogP contribution >= 0.6 is 11.6 Å². The highest BCUT2D eigenvalue weighted by atomic mass is 35.5. The number of hydrogen-bond acceptors (Lipinski definition) is 5. The smallest absolute Gasteiger partial charge is 0.264 e. The summed E-state index contributed by atoms with van der Waals surface area (Å²) in [5.41, 5.74) is 1.97. The number of piperidine rings is 1. The summed E-state index contributed by atoms with van der Waals surface area (Å²) in [7, 11) is -2.56. The predicted octanol–water partition coefficient (Wildman–Crippen LogP) is 5.17. The number of nitrogens with one attached hydrogen (secondary N) is 1. The molecule has 3 aromatic rings. The number of methoxy groups -OCH3 is 1. The number of carbonyl (C=O) groups is 1. The average molecular weight is 514 g/mol. The van der Waals surface area contributed by atoms with Crippen LogP contribution in [0.15, 0.2) is 77.7 Å². The molecule has 1 aliphatic heterocycles. The molecule has 0 aliphatic carbocycles. The van der Waals surface area contributed by atoms with Gasteiger partial charge in [-0.1, -0.05) is 29.8 Å². The third-order valence-electron chi connectivity index (χ3n) is 5.91. The van der Waals surface area contributed by atoms with Gasteiger partial charge in [-0.25, -0.2) is 8.42 Å². The van der Waals surface area contributed by atoms with Crippen molar-refractivity contribution < 1.29 is 17.9 Å². The van der Waals surface area contributed by atoms with Gasteiger partial charge >= 0.3 is 0 Å². The second kappa shape index (κ2) is 11.0. The second-order valence-corrected chi connectivity index (χ2v) is 10.6. The Bertz CT molecular complexity index is 1260. The van der Waals surface area contributed by atoms with E-state index in [1.807, 2.05) is 24.3 Å². The molecule has 0 radical (unpaired) electrons. The molecule has 35 heavy (non-hydrogen) atoms. The van der Waals surface area contributed by atoms with Gasteiger partial charge in [0.1, 0.15) is 12.3 Å². The van der Waals surface area contributed by atoms with Gasteiger partial charge < -0.3 is 15.0 Å². The number of benzene rings is 3. The van der Waals surface area contributed by atoms with E-state index in [9.17, 15) is 13.2 Å². The van der Waals surface area contributed by atoms with Gasteiger partial charge in [0.25, 0.3) is 10.0 Å². The summed E-state index contributed by atoms with van der Waals surface area (Å²) >= 11 is 6.26. The molecule has 1 aliphatic rings. The molecule has 184 valence electrons. The lowest BCUT2D eigenvalue weighted by molar-refractivity contribution is -0.114. The first-order chi connectivity index (χ1) is 16.9. The van der Waals surface area contributed by atoms with Crippen LogP contribution in [0.1, 0.15) is 19.3 Å². The van der Waals surface area contributed by atoms with Crippen molar-refractivity contribution in [2.45, 2.75) is 24.2 Å². The van der Waals surface area contributed by atoms with E-state index < -0.39 is 22.5 Å². The average Bonchev–Trinajstić information content (AvgIpc) is 2.88. The largest absolute Gasteiger partial charge is 0.495 e. The summed E-state index contributed by atoms with van der Waals surface area (Å²) in [6.45, 7) is 1.64. The highest BCUT2D eigenvalue weighted by molar-refractivity contribution is 7.92. The lowest BCUT2D eigenvalue weighted by atomic mass is 10.1. The molecule has 4 rings (SSSR count). The van der Waals surface area contributed by atoms with Crippen molar-refractivity contribution in [3.8, 4) is 5.75 Å². The van der Waals surface area contributed by atoms with Gasteiger partial charge in [0, 0.05) is 24.5 Å². The molecule has 0 unspecified atom stereocenters. The molecule has 7 nitrogen and oxygen atoms in total. The molecular weight excluding hydrogens is 486 g/mol. The lowest BCUT2D eigenvalue weighted by Crippen LogP contribution is -2.38. The molecule has 1 amide bonds. The second-order valence-electron chi connectivity index (χ2n) is 8.29. The van der Waals surface area contributed by atoms with Crippen LogP contribution in [0, 0.1) is 0 Å². The van der Waals surface area contributed by atoms with Crippen LogP contribution in [-0.2, 0) is 14.8 Å². The highest BCUT2D eigenvalue weighted by Crippen LogP contribution is 2.32. The van der Waals surface area contributed by atoms with E-state index >= 15 is 0 Å². The summed E-state index contributed by atoms with van der Waals surface area (Å²) in [6, 6.07) is 20.2. The monoisotopic (exact) mass is 513 g/mol. The first-order valence-electron chi connectivity index (χ1n) is 11.4. The zero-order valence-corrected chi connectivity index (χ0v) is 21.1. The third-order valence-corrected chi connectivity index (χ3v) is 8.00. The fourth-order valence-electron chi connectivity index (χ4n) is 4.08. The van der Waals surface area contributed by atoms with Crippen molar-refractivity contribution in [2.24, 2.45) is 0 Å². The van der Waals surface area contributed by atoms with Crippen molar-refractivity contribution in [3.05, 3.63) is 77.8 Å². The van der Waals surface area contributed by atoms with Gasteiger partial charge in [-0.05, 0) is 73.9 Å². The van der Waals surface area contributed by atoms with E-state index in [-0.39, 0.29) is 15.6 Å². The molecule has 9 heteroatoms. The Morgan fingerprint density at radius 3 is 2.31 bits per heavy atom. The van der Waals surface area contributed by atoms with E-state index in [1.54, 1.807) is 30.3 Å². The molecule has 1 saturated heterocycles. The molecule has 0 spiro atoms. The standard InChI is InChI=1S/C26H28ClN3O4S/c1-34-25-15-14-22(18-24(25)27)30(35(32,33)23-8-4-2-5-9-23)19-26(31)28-20-10-12-21(13-11-20)29-16-6-3-7-17-29/h2,4-5,8-15,18H,3,6-7,16-17,19H2,1H3,(H,28,31). The van der Waals surface area contributed by atoms with Gasteiger partial charge in [-0.2, -0.15) is 0 Å². The fourth-order valence-corrected chi connectivity index (χ4v) is 5.77. The lowest BCUT2D eigenvalue weighted by Gasteiger charge is -2.29. The molecular formula is C26H28ClN3O4S. The van der Waals surface area contributed by atoms with Gasteiger partial charge in [0.05, 0.1) is 22.7 Å². The van der Waals surface area contributed by atoms with E-state index in [2.05, 4.69) is 10.2 Å². The van der Waals surface area contributed by atoms with Crippen LogP contribution in [0.2, 0.25) is 5.02 Å². The number of nitrogens with zero attached hydrogens (tertiary/aromatic N) is 2. The molecule has 1 fully saturated rings. The zero-order valence-electron chi connectivity index (χ0n) is 19.5. The molecule has 0 atom stereocenters. The Hall–Kier alpha value is -3.23. The molecule has 1 heterocycles. The van der Waals surface area contributed by atoms with Crippen LogP contribution < -0.4 is 19.3 Å². The Kier molecular flexibility index (Phi) is 7.83. The van der Waals surface area contributed by atoms with Crippen LogP contribution in [0.4, 0.5) is 17.1 Å². The number of sulfonamides is 1. The van der Waals surface area contributed by atoms with Crippen LogP contribution in [0.3, 0.4) is 0 Å². The number of hydrogen-bond donors (Lipinski definition) is 1. The number of anilines is 3. The quantitative estimate of drug-likeness (QED) is 0.449. The summed E-state index contributed by atoms with van der Waals surface area (Å²) < 4.78 is 33.2. The Morgan fingerprint density at radius 2 is 1.69 bits per heavy atom. The van der Waals surface area contributed by atoms with Gasteiger partial charge in [-0.3, -0.25) is 9.10 Å². The fraction of sp³-hybridized carbons (Fsp3) is 0.269. The van der Waals surface area contributed by atoms with E-state index in [1.165, 1.54) is 44.6 Å². The minimum atomic E-state index is -4.03. The summed E-state index contributed by atoms with van der Waals surface area (Å²) in [5.74, 6) is -0.0621. The van der Waals surface area contributed by atoms with E-state index in [0.717, 1.165) is 23.1 Å². The number of halogens is 1. The van der Waals surface area contributed by atoms with Crippen molar-refractivity contribution in [1.82, 2.24) is 0 Å². The topological polar surface area (TPSA) is 79.0 Å². The van der Waals surface area contributed by atoms with E-state index in [0.29, 0.717) is 11.4 Å². The minimum Gasteiger partial charge on any atom is -0.495 e. The van der Waals surface area contributed by atoms with Crippen molar-refractivity contribution >= 4 is 44.6 Å². The van der Waals surface area contributed by atoms with Gasteiger partial charge in [0.2, 0.25) is 5.91 Å². The van der Waals surface area contributed by atoms with Crippen molar-refractivity contribution in [2.75, 3.05) is 41.3 Å². The first kappa shape index (κ1) is 24.9. The first-order valence-corrected chi connectivity index (χ1v) is 13.3. The number of ether oxygens (including phenoxy) is 1. The summed E-state index contributed by atoms with van der Waals surface area (Å²) in [6.07, 6.45) is 3.62. The maximum absolute atomic E-state index is 13.5. The summed E-state index contributed by atoms with van der Waals surface area (Å²) in [5, 5.41) is 3.05. The number of amides is 1. The molecule has 0 bridgehead atoms. The number of rotatable bonds is 8. The SMILES string of the molecule is COc1ccc(N(CC(=O)Nc2ccc(N3CCCCC3)cc2)S(=O)(=O)c2ccccc2)cc1Cl. The number of carbonyl (C=O) groups excluding carboxylic acids is 1. The molecule has 0 saturated carbocycles. The van der Waals surface area contributed by atoms with E-state index in [4.69, 9.17) is 16.3 Å². The third kappa shape index (κ3) is 5.89. The van der Waals surface area contributed by atoms with Crippen molar-refractivity contribution in [3.63, 3.8) is 0 Å². The molecule has 3 aromatic carbocycles. The Balaban J connectivity index is 1.56. The molecule has 1 N–H and O–H groups in total. The summed E-state index contributed by atoms with van der Waals surface area (Å²) in [4.78, 5) is 15.4. The zero-order chi connectivity index (χ0) is 24.8. The Morgan fingerprint density at radius 1 is 1.00 bits per heavy atom. The van der Waals surface area contributed by atoms with Gasteiger partial charge in [0.15, 0.2) is 0 Å². The Labute approximate surface area is 211 Å². The maximum Gasteiger partial charge on any atom is 0.264 e.